The number of aryl methyl sites for hydroxylation is 1. The molecule has 132 valence electrons. The lowest BCUT2D eigenvalue weighted by Gasteiger charge is -2.11. The molecule has 0 unspecified atom stereocenters. The highest BCUT2D eigenvalue weighted by Gasteiger charge is 2.11. The summed E-state index contributed by atoms with van der Waals surface area (Å²) in [4.78, 5) is 24.6. The molecule has 3 aromatic rings. The number of anilines is 1. The van der Waals surface area contributed by atoms with Crippen molar-refractivity contribution in [2.45, 2.75) is 19.9 Å². The predicted molar refractivity (Wildman–Crippen MR) is 100.0 cm³/mol. The lowest BCUT2D eigenvalue weighted by molar-refractivity contribution is 0.102. The number of nitrogens with one attached hydrogen (secondary N) is 1. The fourth-order valence-corrected chi connectivity index (χ4v) is 2.74. The molecule has 1 N–H and O–H groups in total. The molecule has 0 radical (unpaired) electrons. The number of pyridine rings is 1. The molecule has 26 heavy (non-hydrogen) atoms. The van der Waals surface area contributed by atoms with E-state index in [4.69, 9.17) is 0 Å². The van der Waals surface area contributed by atoms with Crippen LogP contribution in [0.3, 0.4) is 0 Å². The highest BCUT2D eigenvalue weighted by molar-refractivity contribution is 6.04. The number of benzene rings is 2. The molecule has 0 saturated carbocycles. The van der Waals surface area contributed by atoms with Gasteiger partial charge in [-0.1, -0.05) is 43.3 Å². The number of carbonyl (C=O) groups excluding carboxylic acids is 1. The average molecular weight is 350 g/mol. The van der Waals surface area contributed by atoms with Crippen molar-refractivity contribution in [3.05, 3.63) is 99.7 Å². The molecule has 4 nitrogen and oxygen atoms in total. The molecule has 1 aromatic heterocycles. The molecular formula is C21H19FN2O2. The summed E-state index contributed by atoms with van der Waals surface area (Å²) in [6, 6.07) is 16.6. The zero-order chi connectivity index (χ0) is 18.5. The minimum absolute atomic E-state index is 0.0676. The highest BCUT2D eigenvalue weighted by Crippen LogP contribution is 2.16. The maximum atomic E-state index is 13.8. The first-order valence-corrected chi connectivity index (χ1v) is 8.41. The first-order chi connectivity index (χ1) is 12.6. The van der Waals surface area contributed by atoms with Gasteiger partial charge in [0.25, 0.3) is 11.5 Å². The van der Waals surface area contributed by atoms with E-state index in [0.717, 1.165) is 17.7 Å². The molecule has 2 aromatic carbocycles. The SMILES string of the molecule is CCc1ccccc1NC(=O)c1ccc(=O)n(Cc2ccccc2F)c1. The van der Waals surface area contributed by atoms with Crippen LogP contribution in [0.15, 0.2) is 71.7 Å². The van der Waals surface area contributed by atoms with Gasteiger partial charge in [0.2, 0.25) is 0 Å². The Kier molecular flexibility index (Phi) is 5.27. The van der Waals surface area contributed by atoms with E-state index in [9.17, 15) is 14.0 Å². The number of hydrogen-bond donors (Lipinski definition) is 1. The molecule has 0 aliphatic rings. The maximum Gasteiger partial charge on any atom is 0.257 e. The van der Waals surface area contributed by atoms with E-state index < -0.39 is 0 Å². The number of halogens is 1. The van der Waals surface area contributed by atoms with Gasteiger partial charge in [0.1, 0.15) is 5.82 Å². The summed E-state index contributed by atoms with van der Waals surface area (Å²) in [6.07, 6.45) is 2.25. The summed E-state index contributed by atoms with van der Waals surface area (Å²) in [5, 5.41) is 2.87. The zero-order valence-corrected chi connectivity index (χ0v) is 14.4. The molecule has 0 aliphatic carbocycles. The molecule has 0 aliphatic heterocycles. The summed E-state index contributed by atoms with van der Waals surface area (Å²) >= 11 is 0. The van der Waals surface area contributed by atoms with Crippen LogP contribution in [0.2, 0.25) is 0 Å². The Morgan fingerprint density at radius 1 is 1.00 bits per heavy atom. The van der Waals surface area contributed by atoms with Crippen LogP contribution in [0.5, 0.6) is 0 Å². The van der Waals surface area contributed by atoms with Gasteiger partial charge in [0.15, 0.2) is 0 Å². The van der Waals surface area contributed by atoms with Gasteiger partial charge in [-0.2, -0.15) is 0 Å². The average Bonchev–Trinajstić information content (AvgIpc) is 2.65. The molecule has 0 fully saturated rings. The minimum atomic E-state index is -0.383. The first-order valence-electron chi connectivity index (χ1n) is 8.41. The molecule has 1 heterocycles. The van der Waals surface area contributed by atoms with Gasteiger partial charge < -0.3 is 9.88 Å². The highest BCUT2D eigenvalue weighted by atomic mass is 19.1. The summed E-state index contributed by atoms with van der Waals surface area (Å²) in [5.41, 5.74) is 2.21. The van der Waals surface area contributed by atoms with Crippen molar-refractivity contribution in [3.63, 3.8) is 0 Å². The number of aromatic nitrogens is 1. The van der Waals surface area contributed by atoms with Crippen LogP contribution in [-0.2, 0) is 13.0 Å². The standard InChI is InChI=1S/C21H19FN2O2/c1-2-15-7-4-6-10-19(15)23-21(26)17-11-12-20(25)24(14-17)13-16-8-3-5-9-18(16)22/h3-12,14H,2,13H2,1H3,(H,23,26). The Balaban J connectivity index is 1.86. The second-order valence-electron chi connectivity index (χ2n) is 5.94. The summed E-state index contributed by atoms with van der Waals surface area (Å²) < 4.78 is 15.2. The Morgan fingerprint density at radius 2 is 1.69 bits per heavy atom. The third kappa shape index (κ3) is 3.88. The number of hydrogen-bond acceptors (Lipinski definition) is 2. The normalized spacial score (nSPS) is 10.5. The molecule has 0 saturated heterocycles. The van der Waals surface area contributed by atoms with Crippen LogP contribution in [0.4, 0.5) is 10.1 Å². The van der Waals surface area contributed by atoms with Gasteiger partial charge in [0, 0.05) is 23.5 Å². The number of para-hydroxylation sites is 1. The minimum Gasteiger partial charge on any atom is -0.322 e. The van der Waals surface area contributed by atoms with Gasteiger partial charge in [0.05, 0.1) is 12.1 Å². The second-order valence-corrected chi connectivity index (χ2v) is 5.94. The van der Waals surface area contributed by atoms with Gasteiger partial charge in [-0.15, -0.1) is 0 Å². The molecule has 1 amide bonds. The summed E-state index contributed by atoms with van der Waals surface area (Å²) in [5.74, 6) is -0.695. The monoisotopic (exact) mass is 350 g/mol. The van der Waals surface area contributed by atoms with Crippen molar-refractivity contribution in [1.29, 1.82) is 0 Å². The lowest BCUT2D eigenvalue weighted by atomic mass is 10.1. The zero-order valence-electron chi connectivity index (χ0n) is 14.4. The number of carbonyl (C=O) groups is 1. The number of rotatable bonds is 5. The van der Waals surface area contributed by atoms with Crippen molar-refractivity contribution in [1.82, 2.24) is 4.57 Å². The van der Waals surface area contributed by atoms with Crippen molar-refractivity contribution >= 4 is 11.6 Å². The second kappa shape index (κ2) is 7.78. The number of amides is 1. The van der Waals surface area contributed by atoms with E-state index in [1.165, 1.54) is 29.0 Å². The van der Waals surface area contributed by atoms with Crippen LogP contribution >= 0.6 is 0 Å². The Bertz CT molecular complexity index is 995. The van der Waals surface area contributed by atoms with Crippen molar-refractivity contribution in [2.75, 3.05) is 5.32 Å². The molecule has 0 bridgehead atoms. The van der Waals surface area contributed by atoms with Crippen LogP contribution in [0, 0.1) is 5.82 Å². The van der Waals surface area contributed by atoms with Crippen LogP contribution in [0.25, 0.3) is 0 Å². The van der Waals surface area contributed by atoms with Crippen molar-refractivity contribution < 1.29 is 9.18 Å². The smallest absolute Gasteiger partial charge is 0.257 e. The topological polar surface area (TPSA) is 51.1 Å². The fourth-order valence-electron chi connectivity index (χ4n) is 2.74. The molecular weight excluding hydrogens is 331 g/mol. The van der Waals surface area contributed by atoms with Crippen molar-refractivity contribution in [2.24, 2.45) is 0 Å². The predicted octanol–water partition coefficient (Wildman–Crippen LogP) is 3.85. The van der Waals surface area contributed by atoms with Crippen LogP contribution in [-0.4, -0.2) is 10.5 Å². The Labute approximate surface area is 150 Å². The quantitative estimate of drug-likeness (QED) is 0.760. The van der Waals surface area contributed by atoms with Gasteiger partial charge in [-0.05, 0) is 30.2 Å². The molecule has 3 rings (SSSR count). The van der Waals surface area contributed by atoms with Crippen LogP contribution in [0.1, 0.15) is 28.4 Å². The summed E-state index contributed by atoms with van der Waals surface area (Å²) in [7, 11) is 0. The Morgan fingerprint density at radius 3 is 2.42 bits per heavy atom. The van der Waals surface area contributed by atoms with Gasteiger partial charge >= 0.3 is 0 Å². The van der Waals surface area contributed by atoms with Crippen LogP contribution < -0.4 is 10.9 Å². The van der Waals surface area contributed by atoms with E-state index in [2.05, 4.69) is 5.32 Å². The van der Waals surface area contributed by atoms with E-state index in [-0.39, 0.29) is 23.8 Å². The van der Waals surface area contributed by atoms with E-state index >= 15 is 0 Å². The molecule has 0 spiro atoms. The third-order valence-corrected chi connectivity index (χ3v) is 4.19. The van der Waals surface area contributed by atoms with E-state index in [1.807, 2.05) is 31.2 Å². The first kappa shape index (κ1) is 17.6. The number of nitrogens with zero attached hydrogens (tertiary/aromatic N) is 1. The molecule has 5 heteroatoms. The Hall–Kier alpha value is -3.21. The van der Waals surface area contributed by atoms with E-state index in [1.54, 1.807) is 18.2 Å². The largest absolute Gasteiger partial charge is 0.322 e. The third-order valence-electron chi connectivity index (χ3n) is 4.19. The fraction of sp³-hybridized carbons (Fsp3) is 0.143. The maximum absolute atomic E-state index is 13.8. The summed E-state index contributed by atoms with van der Waals surface area (Å²) in [6.45, 7) is 2.08. The van der Waals surface area contributed by atoms with Gasteiger partial charge in [-0.25, -0.2) is 4.39 Å². The van der Waals surface area contributed by atoms with Crippen molar-refractivity contribution in [3.8, 4) is 0 Å². The molecule has 0 atom stereocenters. The lowest BCUT2D eigenvalue weighted by Crippen LogP contribution is -2.23. The van der Waals surface area contributed by atoms with Gasteiger partial charge in [-0.3, -0.25) is 9.59 Å². The van der Waals surface area contributed by atoms with E-state index in [0.29, 0.717) is 11.1 Å².